The van der Waals surface area contributed by atoms with Crippen molar-refractivity contribution in [1.29, 1.82) is 0 Å². The Bertz CT molecular complexity index is 548. The number of nitrogens with two attached hydrogens (primary N) is 1. The minimum Gasteiger partial charge on any atom is -0.326 e. The molecule has 112 valence electrons. The number of hydrogen-bond donors (Lipinski definition) is 2. The van der Waals surface area contributed by atoms with Crippen molar-refractivity contribution in [3.63, 3.8) is 0 Å². The van der Waals surface area contributed by atoms with Crippen molar-refractivity contribution in [2.24, 2.45) is 11.7 Å². The summed E-state index contributed by atoms with van der Waals surface area (Å²) in [5, 5.41) is 2.77. The van der Waals surface area contributed by atoms with E-state index in [2.05, 4.69) is 17.2 Å². The first kappa shape index (κ1) is 15.5. The summed E-state index contributed by atoms with van der Waals surface area (Å²) in [5.74, 6) is 2.50. The van der Waals surface area contributed by atoms with Crippen molar-refractivity contribution in [2.45, 2.75) is 31.6 Å². The monoisotopic (exact) mass is 292 g/mol. The van der Waals surface area contributed by atoms with Crippen LogP contribution in [0.15, 0.2) is 24.3 Å². The molecule has 0 aromatic heterocycles. The quantitative estimate of drug-likeness (QED) is 0.824. The number of nitrogens with one attached hydrogen (secondary N) is 1. The minimum atomic E-state index is -2.61. The van der Waals surface area contributed by atoms with Gasteiger partial charge in [0, 0.05) is 30.0 Å². The van der Waals surface area contributed by atoms with Gasteiger partial charge < -0.3 is 11.1 Å². The van der Waals surface area contributed by atoms with Crippen LogP contribution in [0.25, 0.3) is 0 Å². The van der Waals surface area contributed by atoms with Crippen molar-refractivity contribution in [3.05, 3.63) is 29.8 Å². The predicted molar refractivity (Wildman–Crippen MR) is 77.9 cm³/mol. The molecule has 0 radical (unpaired) electrons. The Balaban J connectivity index is 1.91. The van der Waals surface area contributed by atoms with E-state index in [0.29, 0.717) is 12.2 Å². The van der Waals surface area contributed by atoms with Gasteiger partial charge in [0.05, 0.1) is 6.54 Å². The fraction of sp³-hybridized carbons (Fsp3) is 0.438. The third-order valence-corrected chi connectivity index (χ3v) is 3.58. The Morgan fingerprint density at radius 1 is 1.29 bits per heavy atom. The van der Waals surface area contributed by atoms with E-state index >= 15 is 0 Å². The molecule has 5 heteroatoms. The van der Waals surface area contributed by atoms with Crippen LogP contribution in [0.2, 0.25) is 0 Å². The number of halogens is 2. The van der Waals surface area contributed by atoms with Gasteiger partial charge in [0.25, 0.3) is 0 Å². The average molecular weight is 292 g/mol. The largest absolute Gasteiger partial charge is 0.326 e. The van der Waals surface area contributed by atoms with E-state index in [9.17, 15) is 13.6 Å². The van der Waals surface area contributed by atoms with E-state index in [-0.39, 0.29) is 37.5 Å². The van der Waals surface area contributed by atoms with Gasteiger partial charge in [0.2, 0.25) is 11.8 Å². The maximum Gasteiger partial charge on any atom is 0.248 e. The summed E-state index contributed by atoms with van der Waals surface area (Å²) in [4.78, 5) is 12.0. The third kappa shape index (κ3) is 4.54. The van der Waals surface area contributed by atoms with E-state index in [1.807, 2.05) is 0 Å². The maximum absolute atomic E-state index is 13.1. The molecule has 1 aliphatic carbocycles. The summed E-state index contributed by atoms with van der Waals surface area (Å²) in [6, 6.07) is 7.06. The zero-order valence-electron chi connectivity index (χ0n) is 11.7. The number of alkyl halides is 2. The fourth-order valence-electron chi connectivity index (χ4n) is 2.34. The number of benzene rings is 1. The summed E-state index contributed by atoms with van der Waals surface area (Å²) < 4.78 is 26.1. The predicted octanol–water partition coefficient (Wildman–Crippen LogP) is 2.76. The molecule has 0 saturated heterocycles. The van der Waals surface area contributed by atoms with E-state index in [1.54, 1.807) is 24.3 Å². The second-order valence-electron chi connectivity index (χ2n) is 5.20. The highest BCUT2D eigenvalue weighted by Crippen LogP contribution is 2.36. The van der Waals surface area contributed by atoms with Crippen LogP contribution < -0.4 is 11.1 Å². The summed E-state index contributed by atoms with van der Waals surface area (Å²) in [7, 11) is 0. The van der Waals surface area contributed by atoms with E-state index in [1.165, 1.54) is 0 Å². The van der Waals surface area contributed by atoms with Gasteiger partial charge in [-0.2, -0.15) is 0 Å². The van der Waals surface area contributed by atoms with Crippen LogP contribution in [-0.4, -0.2) is 18.4 Å². The Hall–Kier alpha value is -1.93. The number of hydrogen-bond acceptors (Lipinski definition) is 2. The molecule has 0 unspecified atom stereocenters. The summed E-state index contributed by atoms with van der Waals surface area (Å²) in [5.41, 5.74) is 6.75. The van der Waals surface area contributed by atoms with Crippen molar-refractivity contribution >= 4 is 11.6 Å². The minimum absolute atomic E-state index is 0.189. The van der Waals surface area contributed by atoms with Gasteiger partial charge >= 0.3 is 0 Å². The number of rotatable bonds is 2. The Kier molecular flexibility index (Phi) is 4.92. The van der Waals surface area contributed by atoms with Crippen molar-refractivity contribution in [2.75, 3.05) is 11.9 Å². The van der Waals surface area contributed by atoms with Crippen LogP contribution in [0.3, 0.4) is 0 Å². The van der Waals surface area contributed by atoms with Crippen LogP contribution in [0, 0.1) is 17.8 Å². The molecular weight excluding hydrogens is 274 g/mol. The molecule has 1 aromatic carbocycles. The third-order valence-electron chi connectivity index (χ3n) is 3.58. The molecule has 21 heavy (non-hydrogen) atoms. The van der Waals surface area contributed by atoms with E-state index in [0.717, 1.165) is 5.56 Å². The number of amides is 1. The molecule has 2 rings (SSSR count). The standard InChI is InChI=1S/C16H18F2N2O/c17-16(18)9-7-13(8-10-16)15(21)20-14-5-3-12(4-6-14)2-1-11-19/h3-6,13H,7-11,19H2,(H,20,21). The van der Waals surface area contributed by atoms with Gasteiger partial charge in [-0.15, -0.1) is 0 Å². The lowest BCUT2D eigenvalue weighted by atomic mass is 9.86. The Labute approximate surface area is 122 Å². The molecule has 1 fully saturated rings. The van der Waals surface area contributed by atoms with Gasteiger partial charge in [-0.25, -0.2) is 8.78 Å². The van der Waals surface area contributed by atoms with Gasteiger partial charge in [0.15, 0.2) is 0 Å². The van der Waals surface area contributed by atoms with Crippen LogP contribution >= 0.6 is 0 Å². The topological polar surface area (TPSA) is 55.1 Å². The van der Waals surface area contributed by atoms with E-state index in [4.69, 9.17) is 5.73 Å². The molecule has 3 nitrogen and oxygen atoms in total. The summed E-state index contributed by atoms with van der Waals surface area (Å²) >= 11 is 0. The molecule has 0 spiro atoms. The van der Waals surface area contributed by atoms with Crippen LogP contribution in [0.4, 0.5) is 14.5 Å². The smallest absolute Gasteiger partial charge is 0.248 e. The molecule has 0 heterocycles. The number of anilines is 1. The number of carbonyl (C=O) groups is 1. The normalized spacial score (nSPS) is 17.7. The highest BCUT2D eigenvalue weighted by molar-refractivity contribution is 5.92. The zero-order valence-corrected chi connectivity index (χ0v) is 11.7. The van der Waals surface area contributed by atoms with Crippen LogP contribution in [-0.2, 0) is 4.79 Å². The first-order valence-corrected chi connectivity index (χ1v) is 6.98. The second-order valence-corrected chi connectivity index (χ2v) is 5.20. The number of carbonyl (C=O) groups excluding carboxylic acids is 1. The van der Waals surface area contributed by atoms with Crippen LogP contribution in [0.5, 0.6) is 0 Å². The highest BCUT2D eigenvalue weighted by Gasteiger charge is 2.37. The molecule has 1 amide bonds. The summed E-state index contributed by atoms with van der Waals surface area (Å²) in [6.07, 6.45) is 0.0508. The van der Waals surface area contributed by atoms with E-state index < -0.39 is 5.92 Å². The molecule has 1 saturated carbocycles. The molecule has 0 aliphatic heterocycles. The SMILES string of the molecule is NCC#Cc1ccc(NC(=O)C2CCC(F)(F)CC2)cc1. The molecule has 0 atom stereocenters. The lowest BCUT2D eigenvalue weighted by Crippen LogP contribution is -2.31. The molecule has 1 aliphatic rings. The first-order chi connectivity index (χ1) is 10.00. The highest BCUT2D eigenvalue weighted by atomic mass is 19.3. The van der Waals surface area contributed by atoms with Crippen molar-refractivity contribution in [3.8, 4) is 11.8 Å². The Morgan fingerprint density at radius 2 is 1.90 bits per heavy atom. The first-order valence-electron chi connectivity index (χ1n) is 6.98. The van der Waals surface area contributed by atoms with Gasteiger partial charge in [-0.05, 0) is 37.1 Å². The Morgan fingerprint density at radius 3 is 2.48 bits per heavy atom. The van der Waals surface area contributed by atoms with Gasteiger partial charge in [0.1, 0.15) is 0 Å². The van der Waals surface area contributed by atoms with Gasteiger partial charge in [-0.1, -0.05) is 11.8 Å². The molecule has 1 aromatic rings. The second kappa shape index (κ2) is 6.68. The lowest BCUT2D eigenvalue weighted by Gasteiger charge is -2.27. The van der Waals surface area contributed by atoms with Crippen molar-refractivity contribution in [1.82, 2.24) is 0 Å². The van der Waals surface area contributed by atoms with Crippen LogP contribution in [0.1, 0.15) is 31.2 Å². The zero-order chi connectivity index (χ0) is 15.3. The molecule has 3 N–H and O–H groups in total. The molecular formula is C16H18F2N2O. The summed E-state index contributed by atoms with van der Waals surface area (Å²) in [6.45, 7) is 0.296. The van der Waals surface area contributed by atoms with Crippen molar-refractivity contribution < 1.29 is 13.6 Å². The van der Waals surface area contributed by atoms with Gasteiger partial charge in [-0.3, -0.25) is 4.79 Å². The average Bonchev–Trinajstić information content (AvgIpc) is 2.46. The fourth-order valence-corrected chi connectivity index (χ4v) is 2.34. The maximum atomic E-state index is 13.1. The molecule has 0 bridgehead atoms. The lowest BCUT2D eigenvalue weighted by molar-refractivity contribution is -0.124.